The molecule has 16 nitrogen and oxygen atoms in total. The van der Waals surface area contributed by atoms with E-state index in [-0.39, 0.29) is 50.9 Å². The SMILES string of the molecule is CCOC(=O)[C@H]1C[C@H](c2ccc([Si]34O[Si]5(C6CCCC6)O[Si]6(C7CCCC7)O[Si](C7CCCC7)(O3)O[Si]3(C7CCCC7)O[Si](C7CCCC7)(O4)O[Si](C4CCCC4)(O5)O[Si](C4CCCC4)(O6)O3)cc2)ON1C. The topological polar surface area (TPSA) is 150 Å². The van der Waals surface area contributed by atoms with E-state index in [4.69, 9.17) is 59.0 Å². The van der Waals surface area contributed by atoms with E-state index in [1.54, 1.807) is 5.06 Å². The van der Waals surface area contributed by atoms with Gasteiger partial charge in [-0.2, -0.15) is 5.06 Å². The van der Waals surface area contributed by atoms with Gasteiger partial charge in [0.2, 0.25) is 0 Å². The zero-order valence-corrected chi connectivity index (χ0v) is 50.8. The van der Waals surface area contributed by atoms with Crippen molar-refractivity contribution in [3.05, 3.63) is 29.8 Å². The van der Waals surface area contributed by atoms with E-state index in [2.05, 4.69) is 24.3 Å². The van der Waals surface area contributed by atoms with Gasteiger partial charge in [-0.15, -0.1) is 0 Å². The highest BCUT2D eigenvalue weighted by atomic mass is 28.6. The first-order valence-corrected chi connectivity index (χ1v) is 43.5. The lowest BCUT2D eigenvalue weighted by Crippen LogP contribution is -2.91. The summed E-state index contributed by atoms with van der Waals surface area (Å²) in [6, 6.07) is 7.98. The average Bonchev–Trinajstić information content (AvgIpc) is 4.20. The highest BCUT2D eigenvalue weighted by molar-refractivity contribution is 7.06. The Kier molecular flexibility index (Phi) is 13.2. The lowest BCUT2D eigenvalue weighted by Gasteiger charge is -2.66. The van der Waals surface area contributed by atoms with E-state index < -0.39 is 76.5 Å². The number of esters is 1. The lowest BCUT2D eigenvalue weighted by molar-refractivity contribution is -0.172. The second kappa shape index (κ2) is 19.0. The van der Waals surface area contributed by atoms with Gasteiger partial charge in [-0.1, -0.05) is 114 Å². The molecule has 0 N–H and O–H groups in total. The van der Waals surface area contributed by atoms with E-state index >= 15 is 0 Å². The summed E-state index contributed by atoms with van der Waals surface area (Å²) in [5.74, 6) is -0.276. The van der Waals surface area contributed by atoms with Gasteiger partial charge in [0.05, 0.1) is 6.61 Å². The van der Waals surface area contributed by atoms with Crippen LogP contribution >= 0.6 is 0 Å². The van der Waals surface area contributed by atoms with Gasteiger partial charge in [-0.25, -0.2) is 0 Å². The van der Waals surface area contributed by atoms with E-state index in [1.807, 2.05) is 14.0 Å². The Bertz CT molecular complexity index is 1990. The fraction of sp³-hybridized carbons (Fsp3) is 0.854. The number of benzene rings is 1. The minimum Gasteiger partial charge on any atom is -0.465 e. The number of nitrogens with zero attached hydrogens (tertiary/aromatic N) is 1. The molecule has 7 heterocycles. The number of carbonyl (C=O) groups is 1. The van der Waals surface area contributed by atoms with Gasteiger partial charge >= 0.3 is 76.4 Å². The molecule has 15 rings (SSSR count). The van der Waals surface area contributed by atoms with Crippen LogP contribution < -0.4 is 5.19 Å². The number of hydrogen-bond donors (Lipinski definition) is 0. The van der Waals surface area contributed by atoms with Crippen LogP contribution in [0.3, 0.4) is 0 Å². The van der Waals surface area contributed by atoms with Crippen LogP contribution in [0.4, 0.5) is 0 Å². The monoisotopic (exact) mass is 1130 g/mol. The van der Waals surface area contributed by atoms with Crippen molar-refractivity contribution < 1.29 is 63.8 Å². The Morgan fingerprint density at radius 3 is 0.972 bits per heavy atom. The summed E-state index contributed by atoms with van der Waals surface area (Å²) in [6.07, 6.45) is 28.0. The molecule has 7 saturated heterocycles. The number of rotatable bonds is 11. The lowest BCUT2D eigenvalue weighted by atomic mass is 10.0. The van der Waals surface area contributed by atoms with Crippen molar-refractivity contribution >= 4 is 81.6 Å². The predicted octanol–water partition coefficient (Wildman–Crippen LogP) is 10.5. The third-order valence-corrected chi connectivity index (χ3v) is 58.9. The Balaban J connectivity index is 1.04. The van der Waals surface area contributed by atoms with Gasteiger partial charge in [-0.05, 0) is 102 Å². The van der Waals surface area contributed by atoms with Crippen molar-refractivity contribution in [2.75, 3.05) is 13.7 Å². The van der Waals surface area contributed by atoms with Gasteiger partial charge in [0.25, 0.3) is 0 Å². The summed E-state index contributed by atoms with van der Waals surface area (Å²) in [4.78, 5) is 19.5. The van der Waals surface area contributed by atoms with Crippen molar-refractivity contribution in [3.63, 3.8) is 0 Å². The fourth-order valence-corrected chi connectivity index (χ4v) is 71.5. The van der Waals surface area contributed by atoms with Crippen LogP contribution in [-0.2, 0) is 63.8 Å². The fourth-order valence-electron chi connectivity index (χ4n) is 16.0. The smallest absolute Gasteiger partial charge is 0.465 e. The average molecular weight is 1130 g/mol. The van der Waals surface area contributed by atoms with Gasteiger partial charge in [0.1, 0.15) is 12.1 Å². The molecule has 2 atom stereocenters. The van der Waals surface area contributed by atoms with E-state index in [9.17, 15) is 4.79 Å². The minimum absolute atomic E-state index is 0.00255. The summed E-state index contributed by atoms with van der Waals surface area (Å²) in [5, 5.41) is 2.45. The molecule has 1 aromatic rings. The van der Waals surface area contributed by atoms with Crippen molar-refractivity contribution in [2.45, 2.75) is 244 Å². The number of likely N-dealkylation sites (N-methyl/N-ethyl adjacent to an activating group) is 1. The molecule has 24 heteroatoms. The van der Waals surface area contributed by atoms with Gasteiger partial charge in [0.15, 0.2) is 0 Å². The maximum Gasteiger partial charge on any atom is 0.515 e. The molecule has 7 aliphatic heterocycles. The molecular formula is C48H79NO15Si8. The minimum atomic E-state index is -4.41. The van der Waals surface area contributed by atoms with Crippen LogP contribution in [0.5, 0.6) is 0 Å². The Labute approximate surface area is 435 Å². The molecule has 72 heavy (non-hydrogen) atoms. The zero-order chi connectivity index (χ0) is 48.4. The predicted molar refractivity (Wildman–Crippen MR) is 277 cm³/mol. The standard InChI is InChI=1S/C48H79NO15Si8/c1-3-51-48(50)46-36-47(52-49(46)2)37-32-34-45(35-33-37)72-62-69(42-26-12-13-27-42)56-66(39-20-6-7-21-39)53-65(38-18-4-5-19-38)54-67(58-69,40-22-8-9-23-40)60-71(64-72,44-30-16-17-31-44)61-68(55-65,41-24-10-11-25-41)59-70(57-66,63-72)43-28-14-15-29-43/h32-35,38-44,46-47H,3-31,36H2,1-2H3/t46-,47-,65?,66?,67?,68?,69?,70?,71?,72?/m1/s1. The molecule has 1 aromatic carbocycles. The molecule has 8 bridgehead atoms. The summed E-state index contributed by atoms with van der Waals surface area (Å²) < 4.78 is 108. The molecule has 0 radical (unpaired) electrons. The molecule has 7 saturated carbocycles. The van der Waals surface area contributed by atoms with E-state index in [0.717, 1.165) is 191 Å². The quantitative estimate of drug-likeness (QED) is 0.153. The molecule has 398 valence electrons. The molecule has 14 aliphatic rings. The van der Waals surface area contributed by atoms with Gasteiger partial charge < -0.3 is 54.1 Å². The Hall–Kier alpha value is -0.135. The second-order valence-corrected chi connectivity index (χ2v) is 49.8. The van der Waals surface area contributed by atoms with Crippen LogP contribution in [0.15, 0.2) is 24.3 Å². The molecule has 7 aliphatic carbocycles. The highest BCUT2D eigenvalue weighted by Gasteiger charge is 2.88. The van der Waals surface area contributed by atoms with Gasteiger partial charge in [-0.3, -0.25) is 9.63 Å². The number of carbonyl (C=O) groups excluding carboxylic acids is 1. The maximum atomic E-state index is 13.1. The first kappa shape index (κ1) is 50.1. The van der Waals surface area contributed by atoms with Crippen LogP contribution in [0, 0.1) is 0 Å². The third-order valence-electron chi connectivity index (χ3n) is 19.7. The van der Waals surface area contributed by atoms with E-state index in [0.29, 0.717) is 13.0 Å². The first-order valence-electron chi connectivity index (χ1n) is 29.1. The number of hydroxylamine groups is 2. The largest absolute Gasteiger partial charge is 0.515 e. The molecule has 14 fully saturated rings. The Morgan fingerprint density at radius 2 is 0.708 bits per heavy atom. The summed E-state index contributed by atoms with van der Waals surface area (Å²) in [7, 11) is -31.1. The first-order chi connectivity index (χ1) is 35.0. The summed E-state index contributed by atoms with van der Waals surface area (Å²) in [5.41, 5.74) is 0.798. The van der Waals surface area contributed by atoms with Crippen LogP contribution in [0.25, 0.3) is 0 Å². The normalized spacial score (nSPS) is 45.9. The molecular weight excluding hydrogens is 1060 g/mol. The van der Waals surface area contributed by atoms with Gasteiger partial charge in [0, 0.05) is 57.4 Å². The van der Waals surface area contributed by atoms with Crippen molar-refractivity contribution in [1.82, 2.24) is 5.06 Å². The molecule has 0 aromatic heterocycles. The maximum absolute atomic E-state index is 13.1. The van der Waals surface area contributed by atoms with Crippen molar-refractivity contribution in [3.8, 4) is 0 Å². The van der Waals surface area contributed by atoms with Crippen LogP contribution in [-0.4, -0.2) is 101 Å². The van der Waals surface area contributed by atoms with Crippen LogP contribution in [0.1, 0.15) is 205 Å². The number of hydrogen-bond acceptors (Lipinski definition) is 16. The zero-order valence-electron chi connectivity index (χ0n) is 42.8. The second-order valence-electron chi connectivity index (χ2n) is 24.1. The third kappa shape index (κ3) is 8.13. The Morgan fingerprint density at radius 1 is 0.444 bits per heavy atom. The summed E-state index contributed by atoms with van der Waals surface area (Å²) in [6.45, 7) is 2.16. The molecule has 0 unspecified atom stereocenters. The highest BCUT2D eigenvalue weighted by Crippen LogP contribution is 2.66. The molecule has 0 spiro atoms. The van der Waals surface area contributed by atoms with E-state index in [1.165, 1.54) is 0 Å². The number of ether oxygens (including phenoxy) is 1. The molecule has 0 amide bonds. The summed E-state index contributed by atoms with van der Waals surface area (Å²) >= 11 is 0. The van der Waals surface area contributed by atoms with Crippen molar-refractivity contribution in [2.24, 2.45) is 0 Å². The van der Waals surface area contributed by atoms with Crippen LogP contribution in [0.2, 0.25) is 38.8 Å². The van der Waals surface area contributed by atoms with Crippen molar-refractivity contribution in [1.29, 1.82) is 0 Å².